The van der Waals surface area contributed by atoms with Gasteiger partial charge in [0.15, 0.2) is 5.17 Å². The number of ether oxygens (including phenoxy) is 1. The normalized spacial score (nSPS) is 11.3. The Labute approximate surface area is 74.4 Å². The van der Waals surface area contributed by atoms with Crippen molar-refractivity contribution in [2.75, 3.05) is 7.11 Å². The first-order chi connectivity index (χ1) is 5.77. The van der Waals surface area contributed by atoms with Gasteiger partial charge in [0, 0.05) is 11.8 Å². The summed E-state index contributed by atoms with van der Waals surface area (Å²) in [6.45, 7) is 0. The summed E-state index contributed by atoms with van der Waals surface area (Å²) in [5.41, 5.74) is 0.513. The van der Waals surface area contributed by atoms with Crippen LogP contribution in [0.25, 0.3) is 0 Å². The average molecular weight is 187 g/mol. The summed E-state index contributed by atoms with van der Waals surface area (Å²) in [6.07, 6.45) is 3.01. The molecule has 0 atom stereocenters. The predicted octanol–water partition coefficient (Wildman–Crippen LogP) is 1.46. The van der Waals surface area contributed by atoms with E-state index < -0.39 is 0 Å². The molecular formula is C7H7ClN2O2. The van der Waals surface area contributed by atoms with Crippen LogP contribution >= 0.6 is 11.6 Å². The van der Waals surface area contributed by atoms with Crippen molar-refractivity contribution in [1.29, 1.82) is 0 Å². The predicted molar refractivity (Wildman–Crippen MR) is 45.0 cm³/mol. The van der Waals surface area contributed by atoms with E-state index in [1.165, 1.54) is 19.5 Å². The molecule has 0 aliphatic carbocycles. The maximum absolute atomic E-state index is 8.34. The average Bonchev–Trinajstić information content (AvgIpc) is 2.17. The molecule has 0 saturated heterocycles. The highest BCUT2D eigenvalue weighted by Gasteiger charge is 2.01. The molecule has 0 aliphatic rings. The lowest BCUT2D eigenvalue weighted by Gasteiger charge is -1.99. The van der Waals surface area contributed by atoms with Gasteiger partial charge in [-0.1, -0.05) is 16.8 Å². The molecule has 0 amide bonds. The monoisotopic (exact) mass is 186 g/mol. The summed E-state index contributed by atoms with van der Waals surface area (Å²) >= 11 is 5.52. The molecule has 0 spiro atoms. The van der Waals surface area contributed by atoms with Crippen LogP contribution in [-0.2, 0) is 0 Å². The molecule has 1 N–H and O–H groups in total. The maximum Gasteiger partial charge on any atom is 0.177 e. The number of halogens is 1. The summed E-state index contributed by atoms with van der Waals surface area (Å²) in [5, 5.41) is 11.1. The van der Waals surface area contributed by atoms with Gasteiger partial charge in [0.2, 0.25) is 0 Å². The Kier molecular flexibility index (Phi) is 2.88. The van der Waals surface area contributed by atoms with Gasteiger partial charge in [-0.25, -0.2) is 0 Å². The molecule has 1 aromatic rings. The van der Waals surface area contributed by atoms with Gasteiger partial charge in [0.1, 0.15) is 5.75 Å². The maximum atomic E-state index is 8.34. The van der Waals surface area contributed by atoms with Gasteiger partial charge in [0.25, 0.3) is 0 Å². The Bertz CT molecular complexity index is 301. The molecule has 0 radical (unpaired) electrons. The van der Waals surface area contributed by atoms with Crippen molar-refractivity contribution in [2.45, 2.75) is 0 Å². The van der Waals surface area contributed by atoms with Crippen LogP contribution in [0.3, 0.4) is 0 Å². The van der Waals surface area contributed by atoms with Gasteiger partial charge in [-0.2, -0.15) is 0 Å². The van der Waals surface area contributed by atoms with Crippen molar-refractivity contribution in [3.8, 4) is 5.75 Å². The first kappa shape index (κ1) is 8.80. The highest BCUT2D eigenvalue weighted by atomic mass is 35.5. The van der Waals surface area contributed by atoms with Crippen LogP contribution in [0.2, 0.25) is 0 Å². The fraction of sp³-hybridized carbons (Fsp3) is 0.143. The van der Waals surface area contributed by atoms with E-state index in [9.17, 15) is 0 Å². The molecule has 0 saturated carbocycles. The first-order valence-electron chi connectivity index (χ1n) is 3.15. The summed E-state index contributed by atoms with van der Waals surface area (Å²) in [5.74, 6) is 0.564. The van der Waals surface area contributed by atoms with Gasteiger partial charge >= 0.3 is 0 Å². The second kappa shape index (κ2) is 3.92. The standard InChI is InChI=1S/C7H7ClN2O2/c1-12-6-2-5(3-9-4-6)7(8)10-11/h2-4,11H,1H3/b10-7-. The number of pyridine rings is 1. The number of oxime groups is 1. The third kappa shape index (κ3) is 1.85. The quantitative estimate of drug-likeness (QED) is 0.432. The summed E-state index contributed by atoms with van der Waals surface area (Å²) in [7, 11) is 1.52. The topological polar surface area (TPSA) is 54.7 Å². The van der Waals surface area contributed by atoms with Gasteiger partial charge in [0.05, 0.1) is 13.3 Å². The number of hydrogen-bond acceptors (Lipinski definition) is 4. The first-order valence-corrected chi connectivity index (χ1v) is 3.52. The number of methoxy groups -OCH3 is 1. The number of rotatable bonds is 2. The van der Waals surface area contributed by atoms with Crippen molar-refractivity contribution in [3.63, 3.8) is 0 Å². The smallest absolute Gasteiger partial charge is 0.177 e. The second-order valence-electron chi connectivity index (χ2n) is 2.00. The molecule has 0 aliphatic heterocycles. The molecule has 1 aromatic heterocycles. The molecule has 12 heavy (non-hydrogen) atoms. The highest BCUT2D eigenvalue weighted by molar-refractivity contribution is 6.69. The second-order valence-corrected chi connectivity index (χ2v) is 2.36. The van der Waals surface area contributed by atoms with Crippen LogP contribution < -0.4 is 4.74 Å². The Morgan fingerprint density at radius 3 is 3.00 bits per heavy atom. The van der Waals surface area contributed by atoms with E-state index in [0.29, 0.717) is 11.3 Å². The molecular weight excluding hydrogens is 180 g/mol. The molecule has 1 rings (SSSR count). The summed E-state index contributed by atoms with van der Waals surface area (Å²) < 4.78 is 4.89. The van der Waals surface area contributed by atoms with Crippen LogP contribution in [0.4, 0.5) is 0 Å². The molecule has 0 aromatic carbocycles. The zero-order valence-electron chi connectivity index (χ0n) is 6.36. The largest absolute Gasteiger partial charge is 0.495 e. The van der Waals surface area contributed by atoms with E-state index in [-0.39, 0.29) is 5.17 Å². The minimum absolute atomic E-state index is 0.0126. The van der Waals surface area contributed by atoms with Crippen molar-refractivity contribution in [3.05, 3.63) is 24.0 Å². The number of aromatic nitrogens is 1. The third-order valence-corrected chi connectivity index (χ3v) is 1.57. The molecule has 4 nitrogen and oxygen atoms in total. The number of hydrogen-bond donors (Lipinski definition) is 1. The lowest BCUT2D eigenvalue weighted by Crippen LogP contribution is -1.93. The van der Waals surface area contributed by atoms with Crippen molar-refractivity contribution in [2.24, 2.45) is 5.16 Å². The fourth-order valence-electron chi connectivity index (χ4n) is 0.701. The Balaban J connectivity index is 3.02. The van der Waals surface area contributed by atoms with Crippen LogP contribution in [0.15, 0.2) is 23.6 Å². The van der Waals surface area contributed by atoms with E-state index >= 15 is 0 Å². The fourth-order valence-corrected chi connectivity index (χ4v) is 0.804. The van der Waals surface area contributed by atoms with Crippen LogP contribution in [0.1, 0.15) is 5.56 Å². The van der Waals surface area contributed by atoms with Gasteiger partial charge in [-0.3, -0.25) is 4.98 Å². The highest BCUT2D eigenvalue weighted by Crippen LogP contribution is 2.12. The van der Waals surface area contributed by atoms with Gasteiger partial charge in [-0.05, 0) is 6.07 Å². The lowest BCUT2D eigenvalue weighted by atomic mass is 10.3. The number of nitrogens with zero attached hydrogens (tertiary/aromatic N) is 2. The van der Waals surface area contributed by atoms with Crippen molar-refractivity contribution >= 4 is 16.8 Å². The van der Waals surface area contributed by atoms with Gasteiger partial charge in [-0.15, -0.1) is 0 Å². The van der Waals surface area contributed by atoms with E-state index in [0.717, 1.165) is 0 Å². The molecule has 0 unspecified atom stereocenters. The summed E-state index contributed by atoms with van der Waals surface area (Å²) in [4.78, 5) is 3.82. The zero-order valence-corrected chi connectivity index (χ0v) is 7.12. The molecule has 0 fully saturated rings. The lowest BCUT2D eigenvalue weighted by molar-refractivity contribution is 0.321. The third-order valence-electron chi connectivity index (χ3n) is 1.27. The van der Waals surface area contributed by atoms with E-state index in [2.05, 4.69) is 10.1 Å². The molecule has 1 heterocycles. The Morgan fingerprint density at radius 2 is 2.42 bits per heavy atom. The minimum Gasteiger partial charge on any atom is -0.495 e. The van der Waals surface area contributed by atoms with E-state index in [4.69, 9.17) is 21.5 Å². The van der Waals surface area contributed by atoms with Crippen LogP contribution in [-0.4, -0.2) is 22.5 Å². The van der Waals surface area contributed by atoms with E-state index in [1.54, 1.807) is 6.07 Å². The minimum atomic E-state index is -0.0126. The van der Waals surface area contributed by atoms with Crippen molar-refractivity contribution in [1.82, 2.24) is 4.98 Å². The van der Waals surface area contributed by atoms with Crippen LogP contribution in [0.5, 0.6) is 5.75 Å². The Morgan fingerprint density at radius 1 is 1.67 bits per heavy atom. The molecule has 0 bridgehead atoms. The van der Waals surface area contributed by atoms with Crippen LogP contribution in [0, 0.1) is 0 Å². The summed E-state index contributed by atoms with van der Waals surface area (Å²) in [6, 6.07) is 1.62. The van der Waals surface area contributed by atoms with E-state index in [1.807, 2.05) is 0 Å². The molecule has 64 valence electrons. The Hall–Kier alpha value is -1.29. The van der Waals surface area contributed by atoms with Crippen molar-refractivity contribution < 1.29 is 9.94 Å². The molecule has 5 heteroatoms. The zero-order chi connectivity index (χ0) is 8.97. The SMILES string of the molecule is COc1cncc(/C(Cl)=N/O)c1. The van der Waals surface area contributed by atoms with Gasteiger partial charge < -0.3 is 9.94 Å².